The summed E-state index contributed by atoms with van der Waals surface area (Å²) in [6.45, 7) is 0. The van der Waals surface area contributed by atoms with E-state index in [0.29, 0.717) is 0 Å². The van der Waals surface area contributed by atoms with Gasteiger partial charge in [0.25, 0.3) is 5.91 Å². The molecule has 1 aliphatic rings. The van der Waals surface area contributed by atoms with Crippen molar-refractivity contribution >= 4 is 51.9 Å². The van der Waals surface area contributed by atoms with E-state index in [1.807, 2.05) is 0 Å². The molecule has 2 N–H and O–H groups in total. The Labute approximate surface area is 111 Å². The largest absolute Gasteiger partial charge is 0.280 e. The fourth-order valence-corrected chi connectivity index (χ4v) is 2.56. The Morgan fingerprint density at radius 1 is 1.53 bits per heavy atom. The molecule has 1 aromatic carbocycles. The van der Waals surface area contributed by atoms with E-state index in [1.54, 1.807) is 6.07 Å². The number of nitrogens with zero attached hydrogens (tertiary/aromatic N) is 1. The van der Waals surface area contributed by atoms with Crippen LogP contribution in [-0.4, -0.2) is 15.2 Å². The maximum atomic E-state index is 13.5. The van der Waals surface area contributed by atoms with Gasteiger partial charge in [0.1, 0.15) is 5.82 Å². The van der Waals surface area contributed by atoms with Crippen LogP contribution in [0.4, 0.5) is 4.39 Å². The molecule has 1 aromatic rings. The third-order valence-corrected chi connectivity index (χ3v) is 3.76. The van der Waals surface area contributed by atoms with Crippen LogP contribution in [-0.2, 0) is 4.79 Å². The summed E-state index contributed by atoms with van der Waals surface area (Å²) >= 11 is 11.7. The fraction of sp³-hybridized carbons (Fsp3) is 0. The number of carbonyl (C=O) groups is 1. The van der Waals surface area contributed by atoms with Crippen molar-refractivity contribution in [2.75, 3.05) is 0 Å². The zero-order valence-corrected chi connectivity index (χ0v) is 10.7. The molecule has 1 saturated heterocycles. The first-order chi connectivity index (χ1) is 8.00. The van der Waals surface area contributed by atoms with Crippen molar-refractivity contribution in [3.05, 3.63) is 39.5 Å². The Kier molecular flexibility index (Phi) is 3.48. The number of amides is 1. The number of halogens is 2. The van der Waals surface area contributed by atoms with Gasteiger partial charge in [0, 0.05) is 5.56 Å². The average Bonchev–Trinajstić information content (AvgIpc) is 2.52. The lowest BCUT2D eigenvalue weighted by Gasteiger charge is -2.03. The van der Waals surface area contributed by atoms with Crippen LogP contribution in [0.5, 0.6) is 0 Å². The van der Waals surface area contributed by atoms with E-state index in [0.717, 1.165) is 16.8 Å². The monoisotopic (exact) mass is 288 g/mol. The zero-order chi connectivity index (χ0) is 12.6. The first kappa shape index (κ1) is 12.5. The van der Waals surface area contributed by atoms with Gasteiger partial charge in [0.05, 0.1) is 9.93 Å². The lowest BCUT2D eigenvalue weighted by Crippen LogP contribution is -2.34. The van der Waals surface area contributed by atoms with Gasteiger partial charge in [0.15, 0.2) is 4.32 Å². The standard InChI is InChI=1S/C10H6ClFN2OS2/c11-6-2-1-3-7(12)5(6)4-8-9(15)14(13)10(16)17-8/h1-4H,13H2/b8-4-. The quantitative estimate of drug-likeness (QED) is 0.373. The van der Waals surface area contributed by atoms with Gasteiger partial charge in [-0.15, -0.1) is 0 Å². The van der Waals surface area contributed by atoms with Crippen molar-refractivity contribution in [2.24, 2.45) is 5.84 Å². The number of hydrogen-bond donors (Lipinski definition) is 1. The predicted molar refractivity (Wildman–Crippen MR) is 70.6 cm³/mol. The SMILES string of the molecule is NN1C(=O)/C(=C/c2c(F)cccc2Cl)SC1=S. The molecule has 1 fully saturated rings. The van der Waals surface area contributed by atoms with Crippen LogP contribution in [0, 0.1) is 5.82 Å². The minimum absolute atomic E-state index is 0.156. The van der Waals surface area contributed by atoms with Crippen molar-refractivity contribution in [3.8, 4) is 0 Å². The molecule has 0 saturated carbocycles. The molecule has 0 radical (unpaired) electrons. The highest BCUT2D eigenvalue weighted by atomic mass is 35.5. The van der Waals surface area contributed by atoms with E-state index in [4.69, 9.17) is 29.7 Å². The molecule has 1 amide bonds. The number of nitrogens with two attached hydrogens (primary N) is 1. The summed E-state index contributed by atoms with van der Waals surface area (Å²) in [7, 11) is 0. The minimum Gasteiger partial charge on any atom is -0.267 e. The van der Waals surface area contributed by atoms with E-state index in [9.17, 15) is 9.18 Å². The third-order valence-electron chi connectivity index (χ3n) is 2.10. The Morgan fingerprint density at radius 2 is 2.24 bits per heavy atom. The number of rotatable bonds is 1. The van der Waals surface area contributed by atoms with Crippen LogP contribution >= 0.6 is 35.6 Å². The first-order valence-electron chi connectivity index (χ1n) is 4.47. The van der Waals surface area contributed by atoms with Gasteiger partial charge >= 0.3 is 0 Å². The summed E-state index contributed by atoms with van der Waals surface area (Å²) < 4.78 is 13.7. The Morgan fingerprint density at radius 3 is 2.76 bits per heavy atom. The second-order valence-electron chi connectivity index (χ2n) is 3.19. The van der Waals surface area contributed by atoms with Crippen LogP contribution in [0.2, 0.25) is 5.02 Å². The lowest BCUT2D eigenvalue weighted by atomic mass is 10.2. The molecule has 0 bridgehead atoms. The molecule has 0 atom stereocenters. The minimum atomic E-state index is -0.500. The molecular weight excluding hydrogens is 283 g/mol. The number of hydrazine groups is 1. The van der Waals surface area contributed by atoms with Crippen molar-refractivity contribution < 1.29 is 9.18 Å². The summed E-state index contributed by atoms with van der Waals surface area (Å²) in [6.07, 6.45) is 1.35. The molecular formula is C10H6ClFN2OS2. The summed E-state index contributed by atoms with van der Waals surface area (Å²) in [4.78, 5) is 11.9. The number of thiocarbonyl (C=S) groups is 1. The highest BCUT2D eigenvalue weighted by Gasteiger charge is 2.30. The molecule has 88 valence electrons. The third kappa shape index (κ3) is 2.35. The zero-order valence-electron chi connectivity index (χ0n) is 8.31. The molecule has 0 spiro atoms. The Balaban J connectivity index is 2.44. The molecule has 0 aliphatic carbocycles. The molecule has 17 heavy (non-hydrogen) atoms. The topological polar surface area (TPSA) is 46.3 Å². The second kappa shape index (κ2) is 4.73. The normalized spacial score (nSPS) is 18.3. The maximum absolute atomic E-state index is 13.5. The van der Waals surface area contributed by atoms with E-state index >= 15 is 0 Å². The number of thioether (sulfide) groups is 1. The summed E-state index contributed by atoms with van der Waals surface area (Å²) in [6, 6.07) is 4.30. The summed E-state index contributed by atoms with van der Waals surface area (Å²) in [5.74, 6) is 4.44. The number of benzene rings is 1. The van der Waals surface area contributed by atoms with Crippen LogP contribution in [0.3, 0.4) is 0 Å². The number of hydrogen-bond acceptors (Lipinski definition) is 4. The van der Waals surface area contributed by atoms with Crippen LogP contribution in [0.25, 0.3) is 6.08 Å². The smallest absolute Gasteiger partial charge is 0.267 e. The van der Waals surface area contributed by atoms with Crippen molar-refractivity contribution in [3.63, 3.8) is 0 Å². The summed E-state index contributed by atoms with van der Waals surface area (Å²) in [5, 5.41) is 1.08. The highest BCUT2D eigenvalue weighted by Crippen LogP contribution is 2.32. The van der Waals surface area contributed by atoms with Gasteiger partial charge in [-0.3, -0.25) is 4.79 Å². The van der Waals surface area contributed by atoms with Gasteiger partial charge in [-0.05, 0) is 18.2 Å². The molecule has 2 rings (SSSR count). The molecule has 1 heterocycles. The van der Waals surface area contributed by atoms with Crippen LogP contribution in [0.15, 0.2) is 23.1 Å². The first-order valence-corrected chi connectivity index (χ1v) is 6.07. The maximum Gasteiger partial charge on any atom is 0.280 e. The van der Waals surface area contributed by atoms with Gasteiger partial charge in [-0.2, -0.15) is 0 Å². The van der Waals surface area contributed by atoms with Gasteiger partial charge < -0.3 is 0 Å². The molecule has 3 nitrogen and oxygen atoms in total. The van der Waals surface area contributed by atoms with Gasteiger partial charge in [-0.1, -0.05) is 41.6 Å². The Bertz CT molecular complexity index is 527. The molecule has 0 unspecified atom stereocenters. The predicted octanol–water partition coefficient (Wildman–Crippen LogP) is 2.55. The molecule has 0 aromatic heterocycles. The van der Waals surface area contributed by atoms with Crippen molar-refractivity contribution in [1.82, 2.24) is 5.01 Å². The fourth-order valence-electron chi connectivity index (χ4n) is 1.26. The summed E-state index contributed by atoms with van der Waals surface area (Å²) in [5.41, 5.74) is 0.156. The van der Waals surface area contributed by atoms with Crippen molar-refractivity contribution in [2.45, 2.75) is 0 Å². The van der Waals surface area contributed by atoms with E-state index in [1.165, 1.54) is 18.2 Å². The van der Waals surface area contributed by atoms with E-state index in [-0.39, 0.29) is 19.8 Å². The Hall–Kier alpha value is -0.950. The lowest BCUT2D eigenvalue weighted by molar-refractivity contribution is -0.122. The van der Waals surface area contributed by atoms with E-state index < -0.39 is 11.7 Å². The average molecular weight is 289 g/mol. The van der Waals surface area contributed by atoms with Crippen molar-refractivity contribution in [1.29, 1.82) is 0 Å². The van der Waals surface area contributed by atoms with Gasteiger partial charge in [-0.25, -0.2) is 15.2 Å². The number of carbonyl (C=O) groups excluding carboxylic acids is 1. The van der Waals surface area contributed by atoms with Crippen LogP contribution in [0.1, 0.15) is 5.56 Å². The van der Waals surface area contributed by atoms with E-state index in [2.05, 4.69) is 0 Å². The molecule has 7 heteroatoms. The van der Waals surface area contributed by atoms with Crippen LogP contribution < -0.4 is 5.84 Å². The second-order valence-corrected chi connectivity index (χ2v) is 5.27. The highest BCUT2D eigenvalue weighted by molar-refractivity contribution is 8.26. The molecule has 1 aliphatic heterocycles. The van der Waals surface area contributed by atoms with Gasteiger partial charge in [0.2, 0.25) is 0 Å².